The van der Waals surface area contributed by atoms with E-state index in [-0.39, 0.29) is 11.7 Å². The van der Waals surface area contributed by atoms with Crippen LogP contribution in [-0.4, -0.2) is 34.0 Å². The maximum Gasteiger partial charge on any atom is 0.250 e. The summed E-state index contributed by atoms with van der Waals surface area (Å²) in [4.78, 5) is 16.6. The Kier molecular flexibility index (Phi) is 7.69. The number of hydrogen-bond donors (Lipinski definition) is 1. The van der Waals surface area contributed by atoms with Crippen LogP contribution in [0.25, 0.3) is 11.0 Å². The number of ether oxygens (including phenoxy) is 1. The topological polar surface area (TPSA) is 68.5 Å². The maximum absolute atomic E-state index is 12.1. The monoisotopic (exact) mass is 410 g/mol. The maximum atomic E-state index is 12.1. The molecular weight excluding hydrogens is 384 g/mol. The number of hydrogen-bond acceptors (Lipinski definition) is 5. The van der Waals surface area contributed by atoms with E-state index < -0.39 is 0 Å². The molecule has 6 nitrogen and oxygen atoms in total. The average Bonchev–Trinajstić information content (AvgIpc) is 3.07. The Bertz CT molecular complexity index is 967. The highest BCUT2D eigenvalue weighted by Gasteiger charge is 2.09. The minimum absolute atomic E-state index is 0.172. The number of unbranched alkanes of at least 4 members (excludes halogenated alkanes) is 2. The van der Waals surface area contributed by atoms with Gasteiger partial charge in [-0.15, -0.1) is 0 Å². The van der Waals surface area contributed by atoms with Gasteiger partial charge in [0.05, 0.1) is 29.6 Å². The number of rotatable bonds is 10. The van der Waals surface area contributed by atoms with Gasteiger partial charge in [-0.3, -0.25) is 4.79 Å². The first-order valence-corrected chi connectivity index (χ1v) is 10.7. The number of nitrogens with one attached hydrogen (secondary N) is 1. The molecule has 29 heavy (non-hydrogen) atoms. The lowest BCUT2D eigenvalue weighted by Crippen LogP contribution is -2.19. The summed E-state index contributed by atoms with van der Waals surface area (Å²) in [5.41, 5.74) is 5.43. The van der Waals surface area contributed by atoms with E-state index in [2.05, 4.69) is 22.4 Å². The lowest BCUT2D eigenvalue weighted by molar-refractivity contribution is -0.118. The Balaban J connectivity index is 1.43. The first kappa shape index (κ1) is 20.9. The smallest absolute Gasteiger partial charge is 0.250 e. The molecule has 0 saturated heterocycles. The van der Waals surface area contributed by atoms with Crippen LogP contribution in [0, 0.1) is 0 Å². The number of para-hydroxylation sites is 2. The van der Waals surface area contributed by atoms with Crippen LogP contribution in [-0.2, 0) is 11.8 Å². The van der Waals surface area contributed by atoms with Crippen LogP contribution in [0.15, 0.2) is 58.8 Å². The summed E-state index contributed by atoms with van der Waals surface area (Å²) < 4.78 is 7.67. The highest BCUT2D eigenvalue weighted by molar-refractivity contribution is 7.99. The van der Waals surface area contributed by atoms with Crippen LogP contribution < -0.4 is 10.2 Å². The molecular formula is C22H26N4O2S. The van der Waals surface area contributed by atoms with Crippen LogP contribution in [0.4, 0.5) is 0 Å². The normalized spacial score (nSPS) is 11.2. The van der Waals surface area contributed by atoms with Crippen molar-refractivity contribution in [3.05, 3.63) is 54.1 Å². The molecule has 7 heteroatoms. The molecule has 1 aromatic heterocycles. The van der Waals surface area contributed by atoms with E-state index in [1.54, 1.807) is 6.21 Å². The number of carbonyl (C=O) groups is 1. The Morgan fingerprint density at radius 3 is 2.76 bits per heavy atom. The van der Waals surface area contributed by atoms with Crippen molar-refractivity contribution >= 4 is 34.9 Å². The molecule has 0 spiro atoms. The molecule has 152 valence electrons. The molecule has 0 aliphatic rings. The molecule has 1 heterocycles. The molecule has 2 aromatic carbocycles. The number of nitrogens with zero attached hydrogens (tertiary/aromatic N) is 3. The molecule has 0 atom stereocenters. The number of aryl methyl sites for hydroxylation is 1. The van der Waals surface area contributed by atoms with Gasteiger partial charge in [-0.2, -0.15) is 5.10 Å². The minimum Gasteiger partial charge on any atom is -0.494 e. The molecule has 0 fully saturated rings. The van der Waals surface area contributed by atoms with Crippen molar-refractivity contribution in [3.63, 3.8) is 0 Å². The zero-order chi connectivity index (χ0) is 20.5. The van der Waals surface area contributed by atoms with Crippen LogP contribution in [0.2, 0.25) is 0 Å². The van der Waals surface area contributed by atoms with E-state index in [0.717, 1.165) is 40.5 Å². The van der Waals surface area contributed by atoms with Gasteiger partial charge < -0.3 is 9.30 Å². The van der Waals surface area contributed by atoms with E-state index >= 15 is 0 Å². The lowest BCUT2D eigenvalue weighted by atomic mass is 10.2. The Morgan fingerprint density at radius 1 is 1.21 bits per heavy atom. The Hall–Kier alpha value is -2.80. The number of fused-ring (bicyclic) bond motifs is 1. The van der Waals surface area contributed by atoms with E-state index in [1.807, 2.05) is 60.1 Å². The van der Waals surface area contributed by atoms with Crippen LogP contribution in [0.5, 0.6) is 5.75 Å². The molecule has 3 aromatic rings. The number of amides is 1. The van der Waals surface area contributed by atoms with Crippen molar-refractivity contribution < 1.29 is 9.53 Å². The second-order valence-electron chi connectivity index (χ2n) is 6.65. The molecule has 0 radical (unpaired) electrons. The number of benzene rings is 2. The average molecular weight is 411 g/mol. The second-order valence-corrected chi connectivity index (χ2v) is 7.59. The molecule has 0 unspecified atom stereocenters. The van der Waals surface area contributed by atoms with Gasteiger partial charge in [0.1, 0.15) is 5.75 Å². The first-order valence-electron chi connectivity index (χ1n) is 9.76. The van der Waals surface area contributed by atoms with Gasteiger partial charge in [0.25, 0.3) is 5.91 Å². The third-order valence-electron chi connectivity index (χ3n) is 4.38. The number of thioether (sulfide) groups is 1. The molecule has 0 aliphatic heterocycles. The van der Waals surface area contributed by atoms with Gasteiger partial charge in [-0.1, -0.05) is 43.7 Å². The van der Waals surface area contributed by atoms with Gasteiger partial charge in [0.15, 0.2) is 5.16 Å². The molecule has 0 saturated carbocycles. The second kappa shape index (κ2) is 10.7. The SMILES string of the molecule is CCCCCOc1ccc(/C=N\NC(=O)CSc2nc3ccccc3n2C)cc1. The molecule has 0 aliphatic carbocycles. The third-order valence-corrected chi connectivity index (χ3v) is 5.41. The van der Waals surface area contributed by atoms with Crippen molar-refractivity contribution in [2.75, 3.05) is 12.4 Å². The molecule has 0 bridgehead atoms. The Morgan fingerprint density at radius 2 is 2.00 bits per heavy atom. The summed E-state index contributed by atoms with van der Waals surface area (Å²) in [6.07, 6.45) is 5.05. The van der Waals surface area contributed by atoms with Crippen molar-refractivity contribution in [1.82, 2.24) is 15.0 Å². The van der Waals surface area contributed by atoms with Crippen LogP contribution in [0.3, 0.4) is 0 Å². The van der Waals surface area contributed by atoms with E-state index in [1.165, 1.54) is 24.6 Å². The van der Waals surface area contributed by atoms with Crippen molar-refractivity contribution in [1.29, 1.82) is 0 Å². The summed E-state index contributed by atoms with van der Waals surface area (Å²) in [5, 5.41) is 4.83. The minimum atomic E-state index is -0.172. The summed E-state index contributed by atoms with van der Waals surface area (Å²) in [7, 11) is 1.95. The fourth-order valence-electron chi connectivity index (χ4n) is 2.79. The van der Waals surface area contributed by atoms with Gasteiger partial charge >= 0.3 is 0 Å². The third kappa shape index (κ3) is 6.09. The van der Waals surface area contributed by atoms with E-state index in [0.29, 0.717) is 0 Å². The predicted octanol–water partition coefficient (Wildman–Crippen LogP) is 4.38. The zero-order valence-corrected chi connectivity index (χ0v) is 17.6. The summed E-state index contributed by atoms with van der Waals surface area (Å²) in [6, 6.07) is 15.6. The zero-order valence-electron chi connectivity index (χ0n) is 16.8. The van der Waals surface area contributed by atoms with Gasteiger partial charge in [0.2, 0.25) is 0 Å². The lowest BCUT2D eigenvalue weighted by Gasteiger charge is -2.05. The van der Waals surface area contributed by atoms with E-state index in [4.69, 9.17) is 4.74 Å². The number of carbonyl (C=O) groups excluding carboxylic acids is 1. The number of imidazole rings is 1. The van der Waals surface area contributed by atoms with Crippen LogP contribution >= 0.6 is 11.8 Å². The molecule has 1 N–H and O–H groups in total. The Labute approximate surface area is 175 Å². The van der Waals surface area contributed by atoms with Crippen molar-refractivity contribution in [2.45, 2.75) is 31.3 Å². The largest absolute Gasteiger partial charge is 0.494 e. The molecule has 1 amide bonds. The predicted molar refractivity (Wildman–Crippen MR) is 119 cm³/mol. The molecule has 3 rings (SSSR count). The highest BCUT2D eigenvalue weighted by atomic mass is 32.2. The summed E-state index contributed by atoms with van der Waals surface area (Å²) in [6.45, 7) is 2.91. The first-order chi connectivity index (χ1) is 14.2. The highest BCUT2D eigenvalue weighted by Crippen LogP contribution is 2.22. The van der Waals surface area contributed by atoms with Crippen molar-refractivity contribution in [2.24, 2.45) is 12.1 Å². The fourth-order valence-corrected chi connectivity index (χ4v) is 3.57. The van der Waals surface area contributed by atoms with Crippen LogP contribution in [0.1, 0.15) is 31.7 Å². The van der Waals surface area contributed by atoms with E-state index in [9.17, 15) is 4.79 Å². The van der Waals surface area contributed by atoms with Gasteiger partial charge in [-0.05, 0) is 48.4 Å². The summed E-state index contributed by atoms with van der Waals surface area (Å²) in [5.74, 6) is 0.925. The van der Waals surface area contributed by atoms with Crippen molar-refractivity contribution in [3.8, 4) is 5.75 Å². The standard InChI is InChI=1S/C22H26N4O2S/c1-3-4-7-14-28-18-12-10-17(11-13-18)15-23-25-21(27)16-29-22-24-19-8-5-6-9-20(19)26(22)2/h5-6,8-13,15H,3-4,7,14,16H2,1-2H3,(H,25,27)/b23-15-. The quantitative estimate of drug-likeness (QED) is 0.233. The number of hydrazone groups is 1. The van der Waals surface area contributed by atoms with Gasteiger partial charge in [0, 0.05) is 7.05 Å². The fraction of sp³-hybridized carbons (Fsp3) is 0.318. The summed E-state index contributed by atoms with van der Waals surface area (Å²) >= 11 is 1.39. The number of aromatic nitrogens is 2. The van der Waals surface area contributed by atoms with Gasteiger partial charge in [-0.25, -0.2) is 10.4 Å².